The lowest BCUT2D eigenvalue weighted by Crippen LogP contribution is -2.29. The van der Waals surface area contributed by atoms with E-state index in [1.807, 2.05) is 5.43 Å². The summed E-state index contributed by atoms with van der Waals surface area (Å²) in [6.45, 7) is 0. The van der Waals surface area contributed by atoms with E-state index < -0.39 is 23.3 Å². The summed E-state index contributed by atoms with van der Waals surface area (Å²) in [7, 11) is 0. The maximum absolute atomic E-state index is 14.3. The summed E-state index contributed by atoms with van der Waals surface area (Å²) in [6.07, 6.45) is 1.50. The third kappa shape index (κ3) is 2.38. The van der Waals surface area contributed by atoms with Crippen LogP contribution < -0.4 is 16.0 Å². The molecule has 0 bridgehead atoms. The van der Waals surface area contributed by atoms with Gasteiger partial charge in [0.15, 0.2) is 17.4 Å². The molecule has 7 heteroatoms. The predicted octanol–water partition coefficient (Wildman–Crippen LogP) is 2.84. The van der Waals surface area contributed by atoms with Gasteiger partial charge in [-0.15, -0.1) is 0 Å². The van der Waals surface area contributed by atoms with Crippen LogP contribution in [0.5, 0.6) is 11.5 Å². The molecular formula is C15H11F2N3O2. The molecule has 22 heavy (non-hydrogen) atoms. The van der Waals surface area contributed by atoms with Gasteiger partial charge in [0.2, 0.25) is 0 Å². The number of hydrogen-bond donors (Lipinski definition) is 3. The number of nitrogen functional groups attached to an aromatic ring is 1. The standard InChI is InChI=1S/C15H11F2N3O2/c16-11-7-12-10(4-5-19-12)13(17)14(11)22-9-3-1-2-8(6-9)15(21)20-18/h1-7,19H,18H2,(H,20,21). The van der Waals surface area contributed by atoms with Gasteiger partial charge in [0.1, 0.15) is 5.75 Å². The number of rotatable bonds is 3. The molecule has 1 heterocycles. The number of amides is 1. The summed E-state index contributed by atoms with van der Waals surface area (Å²) in [6, 6.07) is 8.46. The Bertz CT molecular complexity index is 861. The quantitative estimate of drug-likeness (QED) is 0.395. The van der Waals surface area contributed by atoms with Gasteiger partial charge in [0, 0.05) is 23.2 Å². The van der Waals surface area contributed by atoms with Crippen LogP contribution in [0.3, 0.4) is 0 Å². The highest BCUT2D eigenvalue weighted by molar-refractivity contribution is 5.94. The van der Waals surface area contributed by atoms with Crippen molar-refractivity contribution in [2.45, 2.75) is 0 Å². The second kappa shape index (κ2) is 5.45. The molecule has 112 valence electrons. The Labute approximate surface area is 123 Å². The number of H-pyrrole nitrogens is 1. The van der Waals surface area contributed by atoms with Gasteiger partial charge in [-0.1, -0.05) is 6.07 Å². The number of halogens is 2. The third-order valence-electron chi connectivity index (χ3n) is 3.15. The van der Waals surface area contributed by atoms with Crippen molar-refractivity contribution in [3.8, 4) is 11.5 Å². The summed E-state index contributed by atoms with van der Waals surface area (Å²) in [5.41, 5.74) is 2.51. The van der Waals surface area contributed by atoms with E-state index in [1.54, 1.807) is 0 Å². The van der Waals surface area contributed by atoms with Gasteiger partial charge < -0.3 is 9.72 Å². The molecular weight excluding hydrogens is 292 g/mol. The minimum Gasteiger partial charge on any atom is -0.451 e. The fourth-order valence-electron chi connectivity index (χ4n) is 2.11. The summed E-state index contributed by atoms with van der Waals surface area (Å²) in [5.74, 6) is 2.43. The van der Waals surface area contributed by atoms with Gasteiger partial charge in [-0.25, -0.2) is 14.6 Å². The van der Waals surface area contributed by atoms with Crippen LogP contribution >= 0.6 is 0 Å². The average Bonchev–Trinajstić information content (AvgIpc) is 2.99. The number of nitrogens with two attached hydrogens (primary N) is 1. The number of hydrazine groups is 1. The topological polar surface area (TPSA) is 80.1 Å². The van der Waals surface area contributed by atoms with Crippen molar-refractivity contribution < 1.29 is 18.3 Å². The first-order chi connectivity index (χ1) is 10.6. The average molecular weight is 303 g/mol. The number of nitrogens with one attached hydrogen (secondary N) is 2. The molecule has 0 aliphatic heterocycles. The van der Waals surface area contributed by atoms with E-state index in [0.29, 0.717) is 5.52 Å². The number of aromatic amines is 1. The molecule has 0 aliphatic rings. The van der Waals surface area contributed by atoms with Crippen LogP contribution in [-0.4, -0.2) is 10.9 Å². The SMILES string of the molecule is NNC(=O)c1cccc(Oc2c(F)cc3[nH]ccc3c2F)c1. The molecule has 0 radical (unpaired) electrons. The molecule has 0 fully saturated rings. The summed E-state index contributed by atoms with van der Waals surface area (Å²) in [4.78, 5) is 14.2. The fourth-order valence-corrected chi connectivity index (χ4v) is 2.11. The Balaban J connectivity index is 2.01. The summed E-state index contributed by atoms with van der Waals surface area (Å²) < 4.78 is 33.5. The van der Waals surface area contributed by atoms with Crippen molar-refractivity contribution in [1.82, 2.24) is 10.4 Å². The first-order valence-electron chi connectivity index (χ1n) is 6.34. The number of benzene rings is 2. The van der Waals surface area contributed by atoms with Gasteiger partial charge in [-0.2, -0.15) is 0 Å². The number of carbonyl (C=O) groups is 1. The normalized spacial score (nSPS) is 10.7. The zero-order valence-electron chi connectivity index (χ0n) is 11.2. The molecule has 1 aromatic heterocycles. The van der Waals surface area contributed by atoms with Gasteiger partial charge in [-0.05, 0) is 24.3 Å². The Morgan fingerprint density at radius 3 is 2.82 bits per heavy atom. The van der Waals surface area contributed by atoms with Crippen LogP contribution in [0.1, 0.15) is 10.4 Å². The van der Waals surface area contributed by atoms with Crippen LogP contribution in [0.4, 0.5) is 8.78 Å². The zero-order valence-corrected chi connectivity index (χ0v) is 11.2. The lowest BCUT2D eigenvalue weighted by molar-refractivity contribution is 0.0953. The fraction of sp³-hybridized carbons (Fsp3) is 0. The highest BCUT2D eigenvalue weighted by Crippen LogP contribution is 2.32. The van der Waals surface area contributed by atoms with Crippen LogP contribution in [0.15, 0.2) is 42.6 Å². The molecule has 0 spiro atoms. The molecule has 3 rings (SSSR count). The van der Waals surface area contributed by atoms with Crippen LogP contribution in [0.2, 0.25) is 0 Å². The van der Waals surface area contributed by atoms with Crippen LogP contribution in [0.25, 0.3) is 10.9 Å². The first kappa shape index (κ1) is 14.0. The first-order valence-corrected chi connectivity index (χ1v) is 6.34. The van der Waals surface area contributed by atoms with Crippen molar-refractivity contribution in [1.29, 1.82) is 0 Å². The number of carbonyl (C=O) groups excluding carboxylic acids is 1. The molecule has 0 saturated heterocycles. The van der Waals surface area contributed by atoms with E-state index in [4.69, 9.17) is 10.6 Å². The van der Waals surface area contributed by atoms with Crippen molar-refractivity contribution >= 4 is 16.8 Å². The zero-order chi connectivity index (χ0) is 15.7. The van der Waals surface area contributed by atoms with Crippen molar-refractivity contribution in [2.24, 2.45) is 5.84 Å². The Morgan fingerprint density at radius 1 is 1.23 bits per heavy atom. The second-order valence-corrected chi connectivity index (χ2v) is 4.54. The molecule has 0 atom stereocenters. The smallest absolute Gasteiger partial charge is 0.265 e. The minimum atomic E-state index is -0.846. The molecule has 0 saturated carbocycles. The number of aromatic nitrogens is 1. The van der Waals surface area contributed by atoms with E-state index in [9.17, 15) is 13.6 Å². The highest BCUT2D eigenvalue weighted by atomic mass is 19.1. The predicted molar refractivity (Wildman–Crippen MR) is 76.4 cm³/mol. The van der Waals surface area contributed by atoms with Gasteiger partial charge >= 0.3 is 0 Å². The van der Waals surface area contributed by atoms with E-state index in [1.165, 1.54) is 36.5 Å². The molecule has 5 nitrogen and oxygen atoms in total. The third-order valence-corrected chi connectivity index (χ3v) is 3.15. The van der Waals surface area contributed by atoms with Crippen LogP contribution in [0, 0.1) is 11.6 Å². The van der Waals surface area contributed by atoms with Gasteiger partial charge in [0.05, 0.1) is 5.52 Å². The molecule has 2 aromatic carbocycles. The van der Waals surface area contributed by atoms with E-state index >= 15 is 0 Å². The summed E-state index contributed by atoms with van der Waals surface area (Å²) in [5, 5.41) is 0.215. The largest absolute Gasteiger partial charge is 0.451 e. The monoisotopic (exact) mass is 303 g/mol. The van der Waals surface area contributed by atoms with Crippen LogP contribution in [-0.2, 0) is 0 Å². The Kier molecular flexibility index (Phi) is 3.48. The Morgan fingerprint density at radius 2 is 2.05 bits per heavy atom. The molecule has 0 aliphatic carbocycles. The highest BCUT2D eigenvalue weighted by Gasteiger charge is 2.17. The van der Waals surface area contributed by atoms with Gasteiger partial charge in [-0.3, -0.25) is 10.2 Å². The Hall–Kier alpha value is -2.93. The number of ether oxygens (including phenoxy) is 1. The van der Waals surface area contributed by atoms with Gasteiger partial charge in [0.25, 0.3) is 5.91 Å². The second-order valence-electron chi connectivity index (χ2n) is 4.54. The molecule has 1 amide bonds. The number of hydrogen-bond acceptors (Lipinski definition) is 3. The lowest BCUT2D eigenvalue weighted by Gasteiger charge is -2.09. The lowest BCUT2D eigenvalue weighted by atomic mass is 10.2. The van der Waals surface area contributed by atoms with Crippen molar-refractivity contribution in [2.75, 3.05) is 0 Å². The van der Waals surface area contributed by atoms with E-state index in [-0.39, 0.29) is 16.7 Å². The molecule has 3 aromatic rings. The molecule has 4 N–H and O–H groups in total. The maximum Gasteiger partial charge on any atom is 0.265 e. The maximum atomic E-state index is 14.3. The molecule has 0 unspecified atom stereocenters. The number of fused-ring (bicyclic) bond motifs is 1. The summed E-state index contributed by atoms with van der Waals surface area (Å²) >= 11 is 0. The van der Waals surface area contributed by atoms with E-state index in [2.05, 4.69) is 4.98 Å². The minimum absolute atomic E-state index is 0.119. The van der Waals surface area contributed by atoms with E-state index in [0.717, 1.165) is 6.07 Å². The van der Waals surface area contributed by atoms with Crippen molar-refractivity contribution in [3.63, 3.8) is 0 Å². The van der Waals surface area contributed by atoms with Crippen molar-refractivity contribution in [3.05, 3.63) is 59.8 Å².